The monoisotopic (exact) mass is 253 g/mol. The summed E-state index contributed by atoms with van der Waals surface area (Å²) >= 11 is 5.89. The van der Waals surface area contributed by atoms with Gasteiger partial charge in [0.25, 0.3) is 0 Å². The molecule has 0 aromatic carbocycles. The molecule has 2 aromatic rings. The highest BCUT2D eigenvalue weighted by Crippen LogP contribution is 2.28. The number of ether oxygens (including phenoxy) is 1. The molecular weight excluding hydrogens is 242 g/mol. The van der Waals surface area contributed by atoms with Crippen molar-refractivity contribution < 1.29 is 4.74 Å². The number of nitrogens with zero attached hydrogens (tertiary/aromatic N) is 4. The Morgan fingerprint density at radius 1 is 1.47 bits per heavy atom. The van der Waals surface area contributed by atoms with Crippen LogP contribution in [0.4, 0.5) is 5.82 Å². The first-order chi connectivity index (χ1) is 8.22. The fourth-order valence-electron chi connectivity index (χ4n) is 1.41. The molecule has 0 spiro atoms. The van der Waals surface area contributed by atoms with Crippen LogP contribution in [-0.4, -0.2) is 26.9 Å². The molecule has 7 heteroatoms. The van der Waals surface area contributed by atoms with Gasteiger partial charge in [0, 0.05) is 13.2 Å². The number of hydrogen-bond donors (Lipinski definition) is 1. The molecule has 0 radical (unpaired) electrons. The lowest BCUT2D eigenvalue weighted by atomic mass is 10.4. The van der Waals surface area contributed by atoms with Crippen molar-refractivity contribution in [3.05, 3.63) is 29.4 Å². The predicted molar refractivity (Wildman–Crippen MR) is 64.1 cm³/mol. The van der Waals surface area contributed by atoms with Crippen LogP contribution in [0.15, 0.2) is 18.6 Å². The van der Waals surface area contributed by atoms with Gasteiger partial charge in [-0.1, -0.05) is 11.6 Å². The number of nitrogens with one attached hydrogen (secondary N) is 1. The van der Waals surface area contributed by atoms with Crippen LogP contribution < -0.4 is 10.1 Å². The molecule has 0 bridgehead atoms. The summed E-state index contributed by atoms with van der Waals surface area (Å²) in [4.78, 5) is 7.92. The number of methoxy groups -OCH3 is 1. The first-order valence-corrected chi connectivity index (χ1v) is 5.35. The summed E-state index contributed by atoms with van der Waals surface area (Å²) in [6.45, 7) is 0.584. The normalized spacial score (nSPS) is 10.3. The van der Waals surface area contributed by atoms with Gasteiger partial charge in [0.05, 0.1) is 19.3 Å². The molecule has 0 saturated heterocycles. The zero-order chi connectivity index (χ0) is 12.3. The van der Waals surface area contributed by atoms with Crippen molar-refractivity contribution in [3.63, 3.8) is 0 Å². The molecule has 0 atom stereocenters. The molecule has 0 aliphatic rings. The Morgan fingerprint density at radius 2 is 2.29 bits per heavy atom. The average molecular weight is 254 g/mol. The molecule has 90 valence electrons. The van der Waals surface area contributed by atoms with Crippen LogP contribution >= 0.6 is 11.6 Å². The van der Waals surface area contributed by atoms with E-state index in [1.54, 1.807) is 10.9 Å². The SMILES string of the molecule is COc1c(Cl)ncnc1NCc1ccnn1C. The Morgan fingerprint density at radius 3 is 2.94 bits per heavy atom. The van der Waals surface area contributed by atoms with Crippen LogP contribution in [-0.2, 0) is 13.6 Å². The van der Waals surface area contributed by atoms with E-state index in [9.17, 15) is 0 Å². The van der Waals surface area contributed by atoms with Gasteiger partial charge in [-0.05, 0) is 6.07 Å². The Hall–Kier alpha value is -1.82. The first kappa shape index (κ1) is 11.7. The van der Waals surface area contributed by atoms with Crippen molar-refractivity contribution >= 4 is 17.4 Å². The number of aromatic nitrogens is 4. The standard InChI is InChI=1S/C10H12ClN5O/c1-16-7(3-4-15-16)5-12-10-8(17-2)9(11)13-6-14-10/h3-4,6H,5H2,1-2H3,(H,12,13,14). The molecular formula is C10H12ClN5O. The van der Waals surface area contributed by atoms with Gasteiger partial charge in [0.1, 0.15) is 6.33 Å². The third-order valence-corrected chi connectivity index (χ3v) is 2.59. The summed E-state index contributed by atoms with van der Waals surface area (Å²) in [7, 11) is 3.40. The van der Waals surface area contributed by atoms with Gasteiger partial charge in [-0.3, -0.25) is 4.68 Å². The Labute approximate surface area is 104 Å². The van der Waals surface area contributed by atoms with E-state index in [0.717, 1.165) is 5.69 Å². The molecule has 6 nitrogen and oxygen atoms in total. The van der Waals surface area contributed by atoms with Crippen molar-refractivity contribution in [1.29, 1.82) is 0 Å². The minimum atomic E-state index is 0.287. The third kappa shape index (κ3) is 2.47. The van der Waals surface area contributed by atoms with Crippen molar-refractivity contribution in [3.8, 4) is 5.75 Å². The van der Waals surface area contributed by atoms with E-state index < -0.39 is 0 Å². The second kappa shape index (κ2) is 5.01. The van der Waals surface area contributed by atoms with E-state index in [-0.39, 0.29) is 5.15 Å². The minimum absolute atomic E-state index is 0.287. The number of anilines is 1. The first-order valence-electron chi connectivity index (χ1n) is 4.97. The molecule has 2 aromatic heterocycles. The van der Waals surface area contributed by atoms with Gasteiger partial charge < -0.3 is 10.1 Å². The van der Waals surface area contributed by atoms with E-state index >= 15 is 0 Å². The highest BCUT2D eigenvalue weighted by atomic mass is 35.5. The highest BCUT2D eigenvalue weighted by Gasteiger charge is 2.10. The maximum atomic E-state index is 5.89. The smallest absolute Gasteiger partial charge is 0.198 e. The fraction of sp³-hybridized carbons (Fsp3) is 0.300. The van der Waals surface area contributed by atoms with Crippen LogP contribution in [0.25, 0.3) is 0 Å². The molecule has 0 saturated carbocycles. The molecule has 1 N–H and O–H groups in total. The van der Waals surface area contributed by atoms with E-state index in [0.29, 0.717) is 18.1 Å². The van der Waals surface area contributed by atoms with Crippen molar-refractivity contribution in [2.75, 3.05) is 12.4 Å². The molecule has 0 unspecified atom stereocenters. The zero-order valence-corrected chi connectivity index (χ0v) is 10.3. The summed E-state index contributed by atoms with van der Waals surface area (Å²) in [5.74, 6) is 1.00. The van der Waals surface area contributed by atoms with Crippen molar-refractivity contribution in [2.24, 2.45) is 7.05 Å². The second-order valence-corrected chi connectivity index (χ2v) is 3.70. The van der Waals surface area contributed by atoms with E-state index in [2.05, 4.69) is 20.4 Å². The van der Waals surface area contributed by atoms with Gasteiger partial charge in [-0.15, -0.1) is 0 Å². The van der Waals surface area contributed by atoms with Crippen molar-refractivity contribution in [1.82, 2.24) is 19.7 Å². The van der Waals surface area contributed by atoms with Gasteiger partial charge >= 0.3 is 0 Å². The molecule has 0 aliphatic carbocycles. The zero-order valence-electron chi connectivity index (χ0n) is 9.51. The Kier molecular flexibility index (Phi) is 3.43. The average Bonchev–Trinajstić information content (AvgIpc) is 2.72. The molecule has 2 rings (SSSR count). The highest BCUT2D eigenvalue weighted by molar-refractivity contribution is 6.31. The van der Waals surface area contributed by atoms with Gasteiger partial charge in [0.15, 0.2) is 16.7 Å². The molecule has 0 aliphatic heterocycles. The van der Waals surface area contributed by atoms with Gasteiger partial charge in [0.2, 0.25) is 0 Å². The third-order valence-electron chi connectivity index (χ3n) is 2.32. The number of hydrogen-bond acceptors (Lipinski definition) is 5. The summed E-state index contributed by atoms with van der Waals surface area (Å²) < 4.78 is 6.91. The maximum Gasteiger partial charge on any atom is 0.198 e. The van der Waals surface area contributed by atoms with Crippen molar-refractivity contribution in [2.45, 2.75) is 6.54 Å². The quantitative estimate of drug-likeness (QED) is 0.837. The largest absolute Gasteiger partial charge is 0.490 e. The minimum Gasteiger partial charge on any atom is -0.490 e. The molecule has 0 fully saturated rings. The Balaban J connectivity index is 2.14. The summed E-state index contributed by atoms with van der Waals surface area (Å²) in [5, 5.41) is 7.49. The molecule has 0 amide bonds. The Bertz CT molecular complexity index is 513. The summed E-state index contributed by atoms with van der Waals surface area (Å²) in [6.07, 6.45) is 3.12. The van der Waals surface area contributed by atoms with E-state index in [4.69, 9.17) is 16.3 Å². The lowest BCUT2D eigenvalue weighted by molar-refractivity contribution is 0.413. The van der Waals surface area contributed by atoms with Crippen LogP contribution in [0.2, 0.25) is 5.15 Å². The maximum absolute atomic E-state index is 5.89. The fourth-order valence-corrected chi connectivity index (χ4v) is 1.62. The van der Waals surface area contributed by atoms with Crippen LogP contribution in [0.5, 0.6) is 5.75 Å². The van der Waals surface area contributed by atoms with E-state index in [1.807, 2.05) is 13.1 Å². The lowest BCUT2D eigenvalue weighted by Crippen LogP contribution is -2.08. The summed E-state index contributed by atoms with van der Waals surface area (Å²) in [5.41, 5.74) is 1.03. The van der Waals surface area contributed by atoms with Gasteiger partial charge in [-0.2, -0.15) is 5.10 Å². The number of halogens is 1. The van der Waals surface area contributed by atoms with Crippen LogP contribution in [0.3, 0.4) is 0 Å². The second-order valence-electron chi connectivity index (χ2n) is 3.35. The van der Waals surface area contributed by atoms with Crippen LogP contribution in [0, 0.1) is 0 Å². The van der Waals surface area contributed by atoms with Gasteiger partial charge in [-0.25, -0.2) is 9.97 Å². The number of aryl methyl sites for hydroxylation is 1. The lowest BCUT2D eigenvalue weighted by Gasteiger charge is -2.10. The topological polar surface area (TPSA) is 64.9 Å². The predicted octanol–water partition coefficient (Wildman–Crippen LogP) is 1.48. The molecule has 2 heterocycles. The molecule has 17 heavy (non-hydrogen) atoms. The van der Waals surface area contributed by atoms with E-state index in [1.165, 1.54) is 13.4 Å². The number of rotatable bonds is 4. The van der Waals surface area contributed by atoms with Crippen LogP contribution in [0.1, 0.15) is 5.69 Å². The summed E-state index contributed by atoms with van der Waals surface area (Å²) in [6, 6.07) is 1.92.